The maximum Gasteiger partial charge on any atom is 0.364 e. The lowest BCUT2D eigenvalue weighted by atomic mass is 10.2. The fourth-order valence-electron chi connectivity index (χ4n) is 4.67. The molecule has 0 aliphatic carbocycles. The van der Waals surface area contributed by atoms with Crippen molar-refractivity contribution in [2.45, 2.75) is 59.1 Å². The summed E-state index contributed by atoms with van der Waals surface area (Å²) < 4.78 is 97.7. The van der Waals surface area contributed by atoms with Crippen LogP contribution in [0.15, 0.2) is 91.0 Å². The van der Waals surface area contributed by atoms with Gasteiger partial charge in [0.2, 0.25) is 0 Å². The molecule has 0 saturated carbocycles. The van der Waals surface area contributed by atoms with E-state index in [4.69, 9.17) is 40.7 Å². The van der Waals surface area contributed by atoms with E-state index < -0.39 is 48.9 Å². The summed E-state index contributed by atoms with van der Waals surface area (Å²) in [6, 6.07) is 26.0. The Balaban J connectivity index is 2.29. The quantitative estimate of drug-likeness (QED) is 0.0804. The molecular formula is C33H48O12P4. The third-order valence-electron chi connectivity index (χ3n) is 6.53. The zero-order valence-electron chi connectivity index (χ0n) is 28.8. The van der Waals surface area contributed by atoms with Crippen molar-refractivity contribution in [3.63, 3.8) is 0 Å². The topological polar surface area (TPSA) is 134 Å². The highest BCUT2D eigenvalue weighted by Gasteiger charge is 2.48. The highest BCUT2D eigenvalue weighted by atomic mass is 31.2. The second-order valence-electron chi connectivity index (χ2n) is 9.96. The zero-order chi connectivity index (χ0) is 35.8. The van der Waals surface area contributed by atoms with Crippen LogP contribution in [-0.4, -0.2) is 39.6 Å². The molecule has 3 rings (SSSR count). The molecule has 12 nitrogen and oxygen atoms in total. The summed E-state index contributed by atoms with van der Waals surface area (Å²) in [5, 5.41) is 0. The Labute approximate surface area is 291 Å². The smallest absolute Gasteiger partial charge is 0.307 e. The van der Waals surface area contributed by atoms with Crippen LogP contribution in [0.1, 0.15) is 75.8 Å². The second kappa shape index (κ2) is 21.1. The van der Waals surface area contributed by atoms with E-state index in [2.05, 4.69) is 0 Å². The van der Waals surface area contributed by atoms with Crippen LogP contribution in [0.4, 0.5) is 0 Å². The lowest BCUT2D eigenvalue weighted by Crippen LogP contribution is -2.15. The number of benzene rings is 3. The summed E-state index contributed by atoms with van der Waals surface area (Å²) in [4.78, 5) is 0. The standard InChI is InChI=1S/C33H48O12P4/c1-7-37-47(34,38-8-2)31(28-22-16-13-17-23-28)43-46(44-32(29-24-18-14-19-25-29)48(35,39-9-3)40-10-4)45-33(30-26-20-15-21-27-30)49(36,41-11-5)42-12-6/h13-27,31-33H,7-12H2,1-6H3. The van der Waals surface area contributed by atoms with Gasteiger partial charge in [-0.15, -0.1) is 0 Å². The fraction of sp³-hybridized carbons (Fsp3) is 0.455. The number of hydrogen-bond donors (Lipinski definition) is 0. The lowest BCUT2D eigenvalue weighted by molar-refractivity contribution is 0.0801. The summed E-state index contributed by atoms with van der Waals surface area (Å²) >= 11 is 0. The highest BCUT2D eigenvalue weighted by Crippen LogP contribution is 2.73. The van der Waals surface area contributed by atoms with Crippen LogP contribution in [0.25, 0.3) is 0 Å². The van der Waals surface area contributed by atoms with Gasteiger partial charge in [0.1, 0.15) is 0 Å². The van der Waals surface area contributed by atoms with Crippen molar-refractivity contribution < 1.29 is 54.4 Å². The van der Waals surface area contributed by atoms with Gasteiger partial charge in [-0.2, -0.15) is 0 Å². The molecule has 0 aromatic heterocycles. The van der Waals surface area contributed by atoms with Gasteiger partial charge in [-0.25, -0.2) is 0 Å². The molecule has 0 amide bonds. The minimum atomic E-state index is -4.10. The van der Waals surface area contributed by atoms with Gasteiger partial charge < -0.3 is 27.1 Å². The van der Waals surface area contributed by atoms with E-state index in [0.29, 0.717) is 16.7 Å². The summed E-state index contributed by atoms with van der Waals surface area (Å²) in [7, 11) is -15.1. The average molecular weight is 761 g/mol. The van der Waals surface area contributed by atoms with Crippen LogP contribution < -0.4 is 0 Å². The summed E-state index contributed by atoms with van der Waals surface area (Å²) in [5.41, 5.74) is 1.28. The molecule has 3 aromatic rings. The van der Waals surface area contributed by atoms with Crippen molar-refractivity contribution >= 4 is 31.4 Å². The zero-order valence-corrected chi connectivity index (χ0v) is 32.4. The molecular weight excluding hydrogens is 712 g/mol. The maximum atomic E-state index is 14.5. The molecule has 0 radical (unpaired) electrons. The normalized spacial score (nSPS) is 15.1. The van der Waals surface area contributed by atoms with Crippen molar-refractivity contribution in [1.82, 2.24) is 0 Å². The van der Waals surface area contributed by atoms with E-state index in [1.165, 1.54) is 0 Å². The van der Waals surface area contributed by atoms with E-state index >= 15 is 0 Å². The van der Waals surface area contributed by atoms with Crippen LogP contribution in [0.2, 0.25) is 0 Å². The van der Waals surface area contributed by atoms with Gasteiger partial charge in [0.25, 0.3) is 0 Å². The fourth-order valence-corrected chi connectivity index (χ4v) is 12.6. The molecule has 16 heteroatoms. The first kappa shape index (κ1) is 41.8. The molecule has 3 atom stereocenters. The minimum Gasteiger partial charge on any atom is -0.307 e. The van der Waals surface area contributed by atoms with Gasteiger partial charge in [-0.3, -0.25) is 27.3 Å². The average Bonchev–Trinajstić information content (AvgIpc) is 3.09. The molecule has 3 aromatic carbocycles. The molecule has 0 spiro atoms. The number of rotatable bonds is 24. The van der Waals surface area contributed by atoms with E-state index in [9.17, 15) is 13.7 Å². The monoisotopic (exact) mass is 760 g/mol. The van der Waals surface area contributed by atoms with E-state index in [1.54, 1.807) is 133 Å². The van der Waals surface area contributed by atoms with Crippen LogP contribution in [-0.2, 0) is 54.4 Å². The van der Waals surface area contributed by atoms with E-state index in [-0.39, 0.29) is 39.6 Å². The Morgan fingerprint density at radius 2 is 0.612 bits per heavy atom. The van der Waals surface area contributed by atoms with Crippen molar-refractivity contribution in [3.8, 4) is 0 Å². The summed E-state index contributed by atoms with van der Waals surface area (Å²) in [6.45, 7) is 10.3. The highest BCUT2D eigenvalue weighted by molar-refractivity contribution is 7.56. The minimum absolute atomic E-state index is 0.0383. The molecule has 0 N–H and O–H groups in total. The molecule has 0 saturated heterocycles. The molecule has 0 bridgehead atoms. The second-order valence-corrected chi connectivity index (χ2v) is 17.2. The Bertz CT molecular complexity index is 1290. The molecule has 0 aliphatic heterocycles. The maximum absolute atomic E-state index is 14.5. The van der Waals surface area contributed by atoms with E-state index in [0.717, 1.165) is 0 Å². The van der Waals surface area contributed by atoms with Crippen LogP contribution in [0.5, 0.6) is 0 Å². The van der Waals surface area contributed by atoms with Crippen LogP contribution in [0, 0.1) is 0 Å². The predicted molar refractivity (Wildman–Crippen MR) is 190 cm³/mol. The van der Waals surface area contributed by atoms with Crippen LogP contribution in [0.3, 0.4) is 0 Å². The van der Waals surface area contributed by atoms with Gasteiger partial charge in [0, 0.05) is 0 Å². The molecule has 0 heterocycles. The summed E-state index contributed by atoms with van der Waals surface area (Å²) in [6.07, 6.45) is 0. The Morgan fingerprint density at radius 1 is 0.408 bits per heavy atom. The SMILES string of the molecule is CCOP(=O)(OCC)C(OP(OC(c1ccccc1)P(=O)(OCC)OCC)OC(c1ccccc1)P(=O)(OCC)OCC)c1ccccc1. The third kappa shape index (κ3) is 11.7. The third-order valence-corrected chi connectivity index (χ3v) is 14.8. The number of hydrogen-bond acceptors (Lipinski definition) is 12. The molecule has 0 aliphatic rings. The largest absolute Gasteiger partial charge is 0.364 e. The van der Waals surface area contributed by atoms with Gasteiger partial charge in [-0.1, -0.05) is 91.0 Å². The molecule has 272 valence electrons. The first-order chi connectivity index (χ1) is 23.6. The van der Waals surface area contributed by atoms with Gasteiger partial charge in [0.05, 0.1) is 39.6 Å². The first-order valence-corrected chi connectivity index (χ1v) is 22.2. The van der Waals surface area contributed by atoms with Crippen molar-refractivity contribution in [2.24, 2.45) is 0 Å². The lowest BCUT2D eigenvalue weighted by Gasteiger charge is -2.34. The first-order valence-electron chi connectivity index (χ1n) is 16.2. The van der Waals surface area contributed by atoms with Crippen molar-refractivity contribution in [3.05, 3.63) is 108 Å². The van der Waals surface area contributed by atoms with Gasteiger partial charge in [0.15, 0.2) is 17.5 Å². The van der Waals surface area contributed by atoms with Gasteiger partial charge in [-0.05, 0) is 58.2 Å². The Kier molecular flexibility index (Phi) is 18.0. The molecule has 0 fully saturated rings. The Morgan fingerprint density at radius 3 is 0.796 bits per heavy atom. The molecule has 49 heavy (non-hydrogen) atoms. The van der Waals surface area contributed by atoms with Crippen LogP contribution >= 0.6 is 31.4 Å². The summed E-state index contributed by atoms with van der Waals surface area (Å²) in [5.74, 6) is -4.20. The predicted octanol–water partition coefficient (Wildman–Crippen LogP) is 11.2. The Hall–Kier alpha value is -1.58. The molecule has 3 unspecified atom stereocenters. The van der Waals surface area contributed by atoms with Crippen molar-refractivity contribution in [2.75, 3.05) is 39.6 Å². The van der Waals surface area contributed by atoms with Crippen molar-refractivity contribution in [1.29, 1.82) is 0 Å². The van der Waals surface area contributed by atoms with E-state index in [1.807, 2.05) is 0 Å². The van der Waals surface area contributed by atoms with Gasteiger partial charge >= 0.3 is 31.4 Å².